The minimum atomic E-state index is -1.26. The van der Waals surface area contributed by atoms with E-state index in [1.54, 1.807) is 0 Å². The maximum Gasteiger partial charge on any atom is 0.218 e. The number of hydrogen-bond acceptors (Lipinski definition) is 7. The van der Waals surface area contributed by atoms with Gasteiger partial charge in [0.1, 0.15) is 29.8 Å². The van der Waals surface area contributed by atoms with Crippen molar-refractivity contribution in [3.63, 3.8) is 0 Å². The van der Waals surface area contributed by atoms with Crippen molar-refractivity contribution >= 4 is 0 Å². The van der Waals surface area contributed by atoms with Gasteiger partial charge in [-0.25, -0.2) is 0 Å². The fraction of sp³-hybridized carbons (Fsp3) is 0.500. The molecule has 1 saturated heterocycles. The molecule has 5 atom stereocenters. The molecule has 1 aliphatic rings. The second kappa shape index (κ2) is 5.72. The average Bonchev–Trinajstić information content (AvgIpc) is 2.42. The zero-order valence-corrected chi connectivity index (χ0v) is 10.1. The van der Waals surface area contributed by atoms with Gasteiger partial charge in [0, 0.05) is 0 Å². The first-order valence-corrected chi connectivity index (χ1v) is 5.86. The predicted octanol–water partition coefficient (Wildman–Crippen LogP) is -1.46. The fourth-order valence-electron chi connectivity index (χ4n) is 1.87. The van der Waals surface area contributed by atoms with Crippen LogP contribution in [-0.4, -0.2) is 57.7 Å². The van der Waals surface area contributed by atoms with Crippen LogP contribution in [0.5, 0.6) is 11.5 Å². The number of aliphatic hydroxyl groups excluding tert-OH is 3. The van der Waals surface area contributed by atoms with Crippen molar-refractivity contribution in [2.45, 2.75) is 30.6 Å². The van der Waals surface area contributed by atoms with E-state index < -0.39 is 37.3 Å². The third-order valence-electron chi connectivity index (χ3n) is 3.02. The number of ether oxygens (including phenoxy) is 2. The van der Waals surface area contributed by atoms with Crippen LogP contribution < -0.4 is 10.5 Å². The molecule has 1 heterocycles. The standard InChI is InChI=1S/C12H17NO6/c13-9-11(17)10(16)8(5-14)19-12(9)18-7-3-1-6(15)2-4-7/h1-4,8-12,14-17H,5,13H2/t8-,9-,10-,11-,12-/m0/s1. The zero-order chi connectivity index (χ0) is 14.0. The van der Waals surface area contributed by atoms with Crippen LogP contribution in [0.4, 0.5) is 0 Å². The average molecular weight is 271 g/mol. The van der Waals surface area contributed by atoms with Crippen molar-refractivity contribution in [1.29, 1.82) is 0 Å². The molecule has 106 valence electrons. The molecule has 6 N–H and O–H groups in total. The summed E-state index contributed by atoms with van der Waals surface area (Å²) >= 11 is 0. The van der Waals surface area contributed by atoms with Crippen LogP contribution in [-0.2, 0) is 4.74 Å². The Morgan fingerprint density at radius 1 is 1.16 bits per heavy atom. The molecule has 0 amide bonds. The molecule has 0 spiro atoms. The Labute approximate surface area is 109 Å². The number of aromatic hydroxyl groups is 1. The van der Waals surface area contributed by atoms with Gasteiger partial charge in [-0.1, -0.05) is 0 Å². The Bertz CT molecular complexity index is 409. The Kier molecular flexibility index (Phi) is 4.23. The summed E-state index contributed by atoms with van der Waals surface area (Å²) in [6, 6.07) is 4.93. The van der Waals surface area contributed by atoms with Crippen LogP contribution >= 0.6 is 0 Å². The van der Waals surface area contributed by atoms with Gasteiger partial charge in [-0.05, 0) is 24.3 Å². The molecule has 2 rings (SSSR count). The summed E-state index contributed by atoms with van der Waals surface area (Å²) in [4.78, 5) is 0. The summed E-state index contributed by atoms with van der Waals surface area (Å²) in [5.41, 5.74) is 5.72. The molecule has 0 saturated carbocycles. The number of phenolic OH excluding ortho intramolecular Hbond substituents is 1. The largest absolute Gasteiger partial charge is 0.508 e. The Morgan fingerprint density at radius 3 is 2.37 bits per heavy atom. The van der Waals surface area contributed by atoms with Gasteiger partial charge in [0.2, 0.25) is 6.29 Å². The summed E-state index contributed by atoms with van der Waals surface area (Å²) < 4.78 is 10.7. The molecule has 1 aromatic rings. The zero-order valence-electron chi connectivity index (χ0n) is 10.1. The maximum absolute atomic E-state index is 9.75. The van der Waals surface area contributed by atoms with Crippen LogP contribution in [0.15, 0.2) is 24.3 Å². The fourth-order valence-corrected chi connectivity index (χ4v) is 1.87. The van der Waals surface area contributed by atoms with E-state index in [1.807, 2.05) is 0 Å². The molecular weight excluding hydrogens is 254 g/mol. The van der Waals surface area contributed by atoms with Crippen molar-refractivity contribution in [3.8, 4) is 11.5 Å². The SMILES string of the molecule is N[C@@H]1[C@@H](Oc2ccc(O)cc2)O[C@@H](CO)[C@H](O)[C@H]1O. The summed E-state index contributed by atoms with van der Waals surface area (Å²) in [7, 11) is 0. The van der Waals surface area contributed by atoms with E-state index in [0.29, 0.717) is 5.75 Å². The molecule has 0 unspecified atom stereocenters. The second-order valence-corrected chi connectivity index (χ2v) is 4.40. The van der Waals surface area contributed by atoms with Gasteiger partial charge in [0.05, 0.1) is 12.6 Å². The molecule has 0 aromatic heterocycles. The first kappa shape index (κ1) is 14.0. The van der Waals surface area contributed by atoms with Crippen molar-refractivity contribution in [3.05, 3.63) is 24.3 Å². The molecule has 7 heteroatoms. The lowest BCUT2D eigenvalue weighted by atomic mass is 9.98. The van der Waals surface area contributed by atoms with Crippen molar-refractivity contribution in [2.24, 2.45) is 5.73 Å². The van der Waals surface area contributed by atoms with Crippen molar-refractivity contribution < 1.29 is 29.9 Å². The number of phenols is 1. The van der Waals surface area contributed by atoms with Gasteiger partial charge < -0.3 is 35.6 Å². The number of hydrogen-bond donors (Lipinski definition) is 5. The van der Waals surface area contributed by atoms with Gasteiger partial charge >= 0.3 is 0 Å². The second-order valence-electron chi connectivity index (χ2n) is 4.40. The molecular formula is C12H17NO6. The highest BCUT2D eigenvalue weighted by Gasteiger charge is 2.43. The number of rotatable bonds is 3. The lowest BCUT2D eigenvalue weighted by Crippen LogP contribution is -2.63. The minimum absolute atomic E-state index is 0.0879. The smallest absolute Gasteiger partial charge is 0.218 e. The molecule has 0 radical (unpaired) electrons. The Morgan fingerprint density at radius 2 is 1.79 bits per heavy atom. The normalized spacial score (nSPS) is 35.1. The minimum Gasteiger partial charge on any atom is -0.508 e. The van der Waals surface area contributed by atoms with Crippen molar-refractivity contribution in [2.75, 3.05) is 6.61 Å². The quantitative estimate of drug-likeness (QED) is 0.455. The highest BCUT2D eigenvalue weighted by molar-refractivity contribution is 5.30. The molecule has 0 aliphatic carbocycles. The number of aliphatic hydroxyl groups is 3. The van der Waals surface area contributed by atoms with E-state index in [2.05, 4.69) is 0 Å². The molecule has 19 heavy (non-hydrogen) atoms. The van der Waals surface area contributed by atoms with Crippen LogP contribution in [0.3, 0.4) is 0 Å². The van der Waals surface area contributed by atoms with E-state index in [4.69, 9.17) is 25.4 Å². The van der Waals surface area contributed by atoms with Gasteiger partial charge in [0.15, 0.2) is 0 Å². The van der Waals surface area contributed by atoms with Gasteiger partial charge in [-0.15, -0.1) is 0 Å². The molecule has 0 bridgehead atoms. The van der Waals surface area contributed by atoms with Gasteiger partial charge in [-0.3, -0.25) is 0 Å². The van der Waals surface area contributed by atoms with E-state index in [0.717, 1.165) is 0 Å². The summed E-state index contributed by atoms with van der Waals surface area (Å²) in [5.74, 6) is 0.475. The number of nitrogens with two attached hydrogens (primary N) is 1. The van der Waals surface area contributed by atoms with Crippen LogP contribution in [0.2, 0.25) is 0 Å². The van der Waals surface area contributed by atoms with E-state index in [1.165, 1.54) is 24.3 Å². The van der Waals surface area contributed by atoms with Gasteiger partial charge in [-0.2, -0.15) is 0 Å². The first-order valence-electron chi connectivity index (χ1n) is 5.86. The monoisotopic (exact) mass is 271 g/mol. The third-order valence-corrected chi connectivity index (χ3v) is 3.02. The first-order chi connectivity index (χ1) is 9.02. The van der Waals surface area contributed by atoms with Crippen LogP contribution in [0, 0.1) is 0 Å². The highest BCUT2D eigenvalue weighted by atomic mass is 16.7. The van der Waals surface area contributed by atoms with E-state index in [9.17, 15) is 10.2 Å². The molecule has 1 fully saturated rings. The lowest BCUT2D eigenvalue weighted by molar-refractivity contribution is -0.239. The van der Waals surface area contributed by atoms with Crippen molar-refractivity contribution in [1.82, 2.24) is 0 Å². The summed E-state index contributed by atoms with van der Waals surface area (Å²) in [5, 5.41) is 37.6. The molecule has 7 nitrogen and oxygen atoms in total. The summed E-state index contributed by atoms with van der Waals surface area (Å²) in [6.45, 7) is -0.458. The van der Waals surface area contributed by atoms with Gasteiger partial charge in [0.25, 0.3) is 0 Å². The topological polar surface area (TPSA) is 125 Å². The Hall–Kier alpha value is -1.38. The molecule has 1 aliphatic heterocycles. The molecule has 1 aromatic carbocycles. The third kappa shape index (κ3) is 2.96. The lowest BCUT2D eigenvalue weighted by Gasteiger charge is -2.40. The highest BCUT2D eigenvalue weighted by Crippen LogP contribution is 2.24. The summed E-state index contributed by atoms with van der Waals surface area (Å²) in [6.07, 6.45) is -4.48. The van der Waals surface area contributed by atoms with E-state index >= 15 is 0 Å². The number of benzene rings is 1. The predicted molar refractivity (Wildman–Crippen MR) is 64.5 cm³/mol. The van der Waals surface area contributed by atoms with E-state index in [-0.39, 0.29) is 5.75 Å². The van der Waals surface area contributed by atoms with Crippen LogP contribution in [0.25, 0.3) is 0 Å². The van der Waals surface area contributed by atoms with Crippen LogP contribution in [0.1, 0.15) is 0 Å². The Balaban J connectivity index is 2.08. The maximum atomic E-state index is 9.75.